The average Bonchev–Trinajstić information content (AvgIpc) is 2.11. The van der Waals surface area contributed by atoms with Gasteiger partial charge in [-0.25, -0.2) is 0 Å². The Morgan fingerprint density at radius 2 is 2.29 bits per heavy atom. The van der Waals surface area contributed by atoms with E-state index in [4.69, 9.17) is 4.84 Å². The summed E-state index contributed by atoms with van der Waals surface area (Å²) in [5.74, 6) is -0.293. The molecule has 2 N–H and O–H groups in total. The van der Waals surface area contributed by atoms with Crippen LogP contribution in [0.2, 0.25) is 0 Å². The Hall–Kier alpha value is -1.30. The normalized spacial score (nSPS) is 9.64. The SMILES string of the molecule is CC(=O)NOc1c(C)[nH]cc(Br)c1=O. The van der Waals surface area contributed by atoms with E-state index in [1.165, 1.54) is 13.1 Å². The van der Waals surface area contributed by atoms with E-state index in [9.17, 15) is 9.59 Å². The molecule has 0 unspecified atom stereocenters. The number of rotatable bonds is 2. The van der Waals surface area contributed by atoms with Crippen molar-refractivity contribution in [2.45, 2.75) is 13.8 Å². The highest BCUT2D eigenvalue weighted by Gasteiger charge is 2.09. The first-order chi connectivity index (χ1) is 6.52. The third kappa shape index (κ3) is 2.35. The van der Waals surface area contributed by atoms with Crippen LogP contribution in [0.3, 0.4) is 0 Å². The second-order valence-electron chi connectivity index (χ2n) is 2.68. The summed E-state index contributed by atoms with van der Waals surface area (Å²) in [6.45, 7) is 2.96. The lowest BCUT2D eigenvalue weighted by Gasteiger charge is -2.06. The molecule has 1 aromatic heterocycles. The van der Waals surface area contributed by atoms with Gasteiger partial charge in [-0.05, 0) is 22.9 Å². The molecular weight excluding hydrogens is 252 g/mol. The zero-order valence-corrected chi connectivity index (χ0v) is 9.27. The lowest BCUT2D eigenvalue weighted by Crippen LogP contribution is -2.27. The van der Waals surface area contributed by atoms with Crippen LogP contribution in [0.15, 0.2) is 15.5 Å². The quantitative estimate of drug-likeness (QED) is 0.776. The van der Waals surface area contributed by atoms with Crippen molar-refractivity contribution in [2.75, 3.05) is 0 Å². The second-order valence-corrected chi connectivity index (χ2v) is 3.53. The number of carbonyl (C=O) groups is 1. The number of aromatic nitrogens is 1. The fourth-order valence-corrected chi connectivity index (χ4v) is 1.12. The third-order valence-corrected chi connectivity index (χ3v) is 2.06. The maximum Gasteiger partial charge on any atom is 0.249 e. The van der Waals surface area contributed by atoms with E-state index >= 15 is 0 Å². The van der Waals surface area contributed by atoms with Gasteiger partial charge in [0.1, 0.15) is 0 Å². The van der Waals surface area contributed by atoms with Gasteiger partial charge < -0.3 is 9.82 Å². The van der Waals surface area contributed by atoms with Crippen LogP contribution in [-0.4, -0.2) is 10.9 Å². The minimum absolute atomic E-state index is 0.0783. The first kappa shape index (κ1) is 10.8. The molecule has 14 heavy (non-hydrogen) atoms. The molecule has 0 aromatic carbocycles. The zero-order valence-electron chi connectivity index (χ0n) is 7.68. The topological polar surface area (TPSA) is 71.2 Å². The minimum atomic E-state index is -0.372. The Bertz CT molecular complexity index is 414. The number of halogens is 1. The predicted molar refractivity (Wildman–Crippen MR) is 53.9 cm³/mol. The third-order valence-electron chi connectivity index (χ3n) is 1.48. The standard InChI is InChI=1S/C8H9BrN2O3/c1-4-8(14-11-5(2)12)7(13)6(9)3-10-4/h3H,1-2H3,(H,10,13)(H,11,12). The smallest absolute Gasteiger partial charge is 0.249 e. The zero-order chi connectivity index (χ0) is 10.7. The summed E-state index contributed by atoms with van der Waals surface area (Å²) in [4.78, 5) is 29.7. The molecule has 0 fully saturated rings. The molecule has 0 aliphatic heterocycles. The van der Waals surface area contributed by atoms with E-state index in [0.29, 0.717) is 10.2 Å². The highest BCUT2D eigenvalue weighted by Crippen LogP contribution is 2.12. The highest BCUT2D eigenvalue weighted by atomic mass is 79.9. The average molecular weight is 261 g/mol. The molecule has 76 valence electrons. The number of nitrogens with one attached hydrogen (secondary N) is 2. The number of H-pyrrole nitrogens is 1. The van der Waals surface area contributed by atoms with Crippen molar-refractivity contribution in [3.8, 4) is 5.75 Å². The summed E-state index contributed by atoms with van der Waals surface area (Å²) < 4.78 is 0.350. The molecule has 0 aliphatic carbocycles. The number of amides is 1. The fourth-order valence-electron chi connectivity index (χ4n) is 0.827. The number of hydrogen-bond donors (Lipinski definition) is 2. The van der Waals surface area contributed by atoms with E-state index in [1.807, 2.05) is 0 Å². The lowest BCUT2D eigenvalue weighted by atomic mass is 10.3. The maximum atomic E-state index is 11.5. The largest absolute Gasteiger partial charge is 0.373 e. The first-order valence-corrected chi connectivity index (χ1v) is 4.63. The van der Waals surface area contributed by atoms with E-state index in [-0.39, 0.29) is 17.1 Å². The Morgan fingerprint density at radius 1 is 1.64 bits per heavy atom. The van der Waals surface area contributed by atoms with Gasteiger partial charge in [-0.15, -0.1) is 0 Å². The molecule has 0 spiro atoms. The summed E-state index contributed by atoms with van der Waals surface area (Å²) >= 11 is 3.05. The Morgan fingerprint density at radius 3 is 2.86 bits per heavy atom. The van der Waals surface area contributed by atoms with Gasteiger partial charge in [0.25, 0.3) is 0 Å². The molecule has 6 heteroatoms. The molecule has 0 radical (unpaired) electrons. The fraction of sp³-hybridized carbons (Fsp3) is 0.250. The summed E-state index contributed by atoms with van der Waals surface area (Å²) in [5.41, 5.74) is 2.33. The number of aromatic amines is 1. The van der Waals surface area contributed by atoms with Crippen molar-refractivity contribution in [1.29, 1.82) is 0 Å². The van der Waals surface area contributed by atoms with Gasteiger partial charge in [0, 0.05) is 13.1 Å². The summed E-state index contributed by atoms with van der Waals surface area (Å²) in [6, 6.07) is 0. The number of hydroxylamine groups is 1. The van der Waals surface area contributed by atoms with Crippen molar-refractivity contribution in [3.63, 3.8) is 0 Å². The van der Waals surface area contributed by atoms with Crippen LogP contribution in [-0.2, 0) is 4.79 Å². The van der Waals surface area contributed by atoms with Crippen molar-refractivity contribution >= 4 is 21.8 Å². The van der Waals surface area contributed by atoms with E-state index in [2.05, 4.69) is 26.4 Å². The van der Waals surface area contributed by atoms with Crippen LogP contribution >= 0.6 is 15.9 Å². The minimum Gasteiger partial charge on any atom is -0.373 e. The maximum absolute atomic E-state index is 11.5. The summed E-state index contributed by atoms with van der Waals surface area (Å²) in [5, 5.41) is 0. The molecule has 1 heterocycles. The monoisotopic (exact) mass is 260 g/mol. The van der Waals surface area contributed by atoms with E-state index in [0.717, 1.165) is 0 Å². The van der Waals surface area contributed by atoms with Crippen LogP contribution in [0.1, 0.15) is 12.6 Å². The number of hydrogen-bond acceptors (Lipinski definition) is 3. The summed E-state index contributed by atoms with van der Waals surface area (Å²) in [7, 11) is 0. The number of pyridine rings is 1. The van der Waals surface area contributed by atoms with Crippen LogP contribution in [0.5, 0.6) is 5.75 Å². The molecule has 1 rings (SSSR count). The van der Waals surface area contributed by atoms with Gasteiger partial charge in [-0.2, -0.15) is 5.48 Å². The number of carbonyl (C=O) groups excluding carboxylic acids is 1. The molecule has 0 saturated heterocycles. The Kier molecular flexibility index (Phi) is 3.29. The predicted octanol–water partition coefficient (Wildman–Crippen LogP) is 0.876. The molecule has 5 nitrogen and oxygen atoms in total. The van der Waals surface area contributed by atoms with E-state index in [1.54, 1.807) is 6.92 Å². The Labute approximate surface area is 88.6 Å². The lowest BCUT2D eigenvalue weighted by molar-refractivity contribution is -0.125. The molecule has 0 bridgehead atoms. The van der Waals surface area contributed by atoms with Crippen molar-refractivity contribution in [2.24, 2.45) is 0 Å². The van der Waals surface area contributed by atoms with Gasteiger partial charge >= 0.3 is 0 Å². The highest BCUT2D eigenvalue weighted by molar-refractivity contribution is 9.10. The molecule has 0 aliphatic rings. The second kappa shape index (κ2) is 4.28. The van der Waals surface area contributed by atoms with Crippen molar-refractivity contribution < 1.29 is 9.63 Å². The molecule has 0 saturated carbocycles. The van der Waals surface area contributed by atoms with Crippen LogP contribution < -0.4 is 15.7 Å². The van der Waals surface area contributed by atoms with Gasteiger partial charge in [0.2, 0.25) is 17.1 Å². The summed E-state index contributed by atoms with van der Waals surface area (Å²) in [6.07, 6.45) is 1.51. The van der Waals surface area contributed by atoms with Gasteiger partial charge in [0.05, 0.1) is 10.2 Å². The van der Waals surface area contributed by atoms with Gasteiger partial charge in [-0.1, -0.05) is 0 Å². The van der Waals surface area contributed by atoms with Crippen LogP contribution in [0.4, 0.5) is 0 Å². The Balaban J connectivity index is 3.01. The molecule has 0 atom stereocenters. The van der Waals surface area contributed by atoms with Gasteiger partial charge in [0.15, 0.2) is 0 Å². The first-order valence-electron chi connectivity index (χ1n) is 3.83. The van der Waals surface area contributed by atoms with Crippen LogP contribution in [0.25, 0.3) is 0 Å². The van der Waals surface area contributed by atoms with Crippen LogP contribution in [0, 0.1) is 6.92 Å². The van der Waals surface area contributed by atoms with Crippen molar-refractivity contribution in [1.82, 2.24) is 10.5 Å². The number of aryl methyl sites for hydroxylation is 1. The molecular formula is C8H9BrN2O3. The van der Waals surface area contributed by atoms with Gasteiger partial charge in [-0.3, -0.25) is 9.59 Å². The van der Waals surface area contributed by atoms with Crippen molar-refractivity contribution in [3.05, 3.63) is 26.6 Å². The van der Waals surface area contributed by atoms with E-state index < -0.39 is 0 Å². The molecule has 1 aromatic rings. The molecule has 1 amide bonds.